The van der Waals surface area contributed by atoms with E-state index in [9.17, 15) is 5.11 Å². The highest BCUT2D eigenvalue weighted by atomic mass is 35.5. The van der Waals surface area contributed by atoms with Crippen molar-refractivity contribution in [3.8, 4) is 0 Å². The van der Waals surface area contributed by atoms with Crippen molar-refractivity contribution in [2.24, 2.45) is 0 Å². The Hall–Kier alpha value is -1.92. The molecule has 0 spiro atoms. The number of aromatic nitrogens is 3. The molecular formula is C14H18ClN5O. The molecule has 0 bridgehead atoms. The Morgan fingerprint density at radius 3 is 2.52 bits per heavy atom. The normalized spacial score (nSPS) is 12.0. The second kappa shape index (κ2) is 7.75. The minimum Gasteiger partial charge on any atom is -0.394 e. The average molecular weight is 308 g/mol. The molecular weight excluding hydrogens is 290 g/mol. The number of anilines is 2. The first kappa shape index (κ1) is 15.5. The number of halogens is 1. The monoisotopic (exact) mass is 307 g/mol. The van der Waals surface area contributed by atoms with E-state index in [-0.39, 0.29) is 17.9 Å². The van der Waals surface area contributed by atoms with E-state index < -0.39 is 0 Å². The quantitative estimate of drug-likeness (QED) is 0.729. The summed E-state index contributed by atoms with van der Waals surface area (Å²) in [6, 6.07) is 9.29. The van der Waals surface area contributed by atoms with Gasteiger partial charge in [0.05, 0.1) is 12.6 Å². The Morgan fingerprint density at radius 2 is 1.86 bits per heavy atom. The Labute approximate surface area is 128 Å². The van der Waals surface area contributed by atoms with E-state index in [0.717, 1.165) is 18.5 Å². The van der Waals surface area contributed by atoms with Gasteiger partial charge in [0.25, 0.3) is 0 Å². The van der Waals surface area contributed by atoms with Crippen LogP contribution in [0.5, 0.6) is 0 Å². The van der Waals surface area contributed by atoms with E-state index in [1.54, 1.807) is 0 Å². The van der Waals surface area contributed by atoms with Crippen LogP contribution in [0.3, 0.4) is 0 Å². The van der Waals surface area contributed by atoms with Crippen LogP contribution in [0.1, 0.15) is 24.9 Å². The Bertz CT molecular complexity index is 567. The van der Waals surface area contributed by atoms with E-state index in [1.807, 2.05) is 37.3 Å². The predicted molar refractivity (Wildman–Crippen MR) is 83.5 cm³/mol. The molecule has 0 aliphatic heterocycles. The summed E-state index contributed by atoms with van der Waals surface area (Å²) in [5.41, 5.74) is 0.944. The zero-order chi connectivity index (χ0) is 15.1. The lowest BCUT2D eigenvalue weighted by molar-refractivity contribution is 0.276. The SMILES string of the molecule is CCCNc1nc(Cl)nc(NC(CO)c2ccccc2)n1. The summed E-state index contributed by atoms with van der Waals surface area (Å²) in [6.07, 6.45) is 0.954. The summed E-state index contributed by atoms with van der Waals surface area (Å²) in [7, 11) is 0. The second-order valence-corrected chi connectivity index (χ2v) is 4.81. The van der Waals surface area contributed by atoms with Crippen molar-refractivity contribution in [1.29, 1.82) is 0 Å². The van der Waals surface area contributed by atoms with Gasteiger partial charge in [-0.15, -0.1) is 0 Å². The molecule has 21 heavy (non-hydrogen) atoms. The number of aliphatic hydroxyl groups is 1. The Morgan fingerprint density at radius 1 is 1.14 bits per heavy atom. The highest BCUT2D eigenvalue weighted by molar-refractivity contribution is 6.28. The number of hydrogen-bond donors (Lipinski definition) is 3. The molecule has 3 N–H and O–H groups in total. The Kier molecular flexibility index (Phi) is 5.71. The maximum atomic E-state index is 9.54. The number of benzene rings is 1. The summed E-state index contributed by atoms with van der Waals surface area (Å²) in [5.74, 6) is 0.751. The number of hydrogen-bond acceptors (Lipinski definition) is 6. The van der Waals surface area contributed by atoms with Crippen LogP contribution in [0, 0.1) is 0 Å². The van der Waals surface area contributed by atoms with Crippen LogP contribution in [0.15, 0.2) is 30.3 Å². The van der Waals surface area contributed by atoms with E-state index in [1.165, 1.54) is 0 Å². The molecule has 0 radical (unpaired) electrons. The highest BCUT2D eigenvalue weighted by Gasteiger charge is 2.13. The lowest BCUT2D eigenvalue weighted by Crippen LogP contribution is -2.17. The summed E-state index contributed by atoms with van der Waals surface area (Å²) in [5, 5.41) is 15.8. The number of aliphatic hydroxyl groups excluding tert-OH is 1. The maximum absolute atomic E-state index is 9.54. The molecule has 0 saturated heterocycles. The number of rotatable bonds is 7. The van der Waals surface area contributed by atoms with Gasteiger partial charge in [-0.25, -0.2) is 0 Å². The van der Waals surface area contributed by atoms with Gasteiger partial charge in [-0.1, -0.05) is 37.3 Å². The van der Waals surface area contributed by atoms with Crippen LogP contribution in [0.25, 0.3) is 0 Å². The van der Waals surface area contributed by atoms with Crippen molar-refractivity contribution in [3.05, 3.63) is 41.2 Å². The summed E-state index contributed by atoms with van der Waals surface area (Å²) in [4.78, 5) is 12.3. The first-order chi connectivity index (χ1) is 10.2. The van der Waals surface area contributed by atoms with Gasteiger partial charge in [-0.05, 0) is 23.6 Å². The standard InChI is InChI=1S/C14H18ClN5O/c1-2-8-16-13-18-12(15)19-14(20-13)17-11(9-21)10-6-4-3-5-7-10/h3-7,11,21H,2,8-9H2,1H3,(H2,16,17,18,19,20). The first-order valence-corrected chi connectivity index (χ1v) is 7.18. The van der Waals surface area contributed by atoms with Gasteiger partial charge in [0.1, 0.15) is 0 Å². The zero-order valence-corrected chi connectivity index (χ0v) is 12.5. The molecule has 1 aromatic heterocycles. The zero-order valence-electron chi connectivity index (χ0n) is 11.8. The molecule has 0 fully saturated rings. The van der Waals surface area contributed by atoms with Gasteiger partial charge in [0, 0.05) is 6.54 Å². The van der Waals surface area contributed by atoms with Crippen LogP contribution in [0.2, 0.25) is 5.28 Å². The molecule has 112 valence electrons. The minimum absolute atomic E-state index is 0.0783. The molecule has 2 rings (SSSR count). The third-order valence-corrected chi connectivity index (χ3v) is 3.00. The van der Waals surface area contributed by atoms with Gasteiger partial charge in [0.2, 0.25) is 17.2 Å². The molecule has 7 heteroatoms. The molecule has 1 heterocycles. The van der Waals surface area contributed by atoms with Gasteiger partial charge < -0.3 is 15.7 Å². The summed E-state index contributed by atoms with van der Waals surface area (Å²) < 4.78 is 0. The van der Waals surface area contributed by atoms with Crippen LogP contribution in [-0.2, 0) is 0 Å². The van der Waals surface area contributed by atoms with Crippen LogP contribution in [-0.4, -0.2) is 33.2 Å². The van der Waals surface area contributed by atoms with E-state index in [0.29, 0.717) is 11.9 Å². The van der Waals surface area contributed by atoms with E-state index in [2.05, 4.69) is 25.6 Å². The lowest BCUT2D eigenvalue weighted by atomic mass is 10.1. The van der Waals surface area contributed by atoms with Gasteiger partial charge >= 0.3 is 0 Å². The van der Waals surface area contributed by atoms with E-state index in [4.69, 9.17) is 11.6 Å². The molecule has 0 amide bonds. The molecule has 0 aliphatic carbocycles. The van der Waals surface area contributed by atoms with Gasteiger partial charge in [-0.3, -0.25) is 0 Å². The second-order valence-electron chi connectivity index (χ2n) is 4.47. The summed E-state index contributed by atoms with van der Waals surface area (Å²) in [6.45, 7) is 2.72. The van der Waals surface area contributed by atoms with Crippen molar-refractivity contribution in [3.63, 3.8) is 0 Å². The van der Waals surface area contributed by atoms with Crippen molar-refractivity contribution < 1.29 is 5.11 Å². The lowest BCUT2D eigenvalue weighted by Gasteiger charge is -2.17. The highest BCUT2D eigenvalue weighted by Crippen LogP contribution is 2.18. The fourth-order valence-electron chi connectivity index (χ4n) is 1.81. The molecule has 2 aromatic rings. The van der Waals surface area contributed by atoms with Crippen LogP contribution in [0.4, 0.5) is 11.9 Å². The van der Waals surface area contributed by atoms with Crippen LogP contribution >= 0.6 is 11.6 Å². The topological polar surface area (TPSA) is 83.0 Å². The molecule has 1 unspecified atom stereocenters. The molecule has 1 atom stereocenters. The van der Waals surface area contributed by atoms with Crippen molar-refractivity contribution in [2.45, 2.75) is 19.4 Å². The summed E-state index contributed by atoms with van der Waals surface area (Å²) >= 11 is 5.90. The average Bonchev–Trinajstić information content (AvgIpc) is 2.51. The van der Waals surface area contributed by atoms with Gasteiger partial charge in [0.15, 0.2) is 0 Å². The third-order valence-electron chi connectivity index (χ3n) is 2.83. The molecule has 0 saturated carbocycles. The first-order valence-electron chi connectivity index (χ1n) is 6.80. The van der Waals surface area contributed by atoms with Crippen molar-refractivity contribution in [2.75, 3.05) is 23.8 Å². The smallest absolute Gasteiger partial charge is 0.229 e. The van der Waals surface area contributed by atoms with E-state index >= 15 is 0 Å². The third kappa shape index (κ3) is 4.54. The molecule has 6 nitrogen and oxygen atoms in total. The number of nitrogens with one attached hydrogen (secondary N) is 2. The number of nitrogens with zero attached hydrogens (tertiary/aromatic N) is 3. The van der Waals surface area contributed by atoms with Crippen LogP contribution < -0.4 is 10.6 Å². The largest absolute Gasteiger partial charge is 0.394 e. The fourth-order valence-corrected chi connectivity index (χ4v) is 1.97. The minimum atomic E-state index is -0.302. The molecule has 1 aromatic carbocycles. The van der Waals surface area contributed by atoms with Crippen molar-refractivity contribution in [1.82, 2.24) is 15.0 Å². The fraction of sp³-hybridized carbons (Fsp3) is 0.357. The predicted octanol–water partition coefficient (Wildman–Crippen LogP) is 2.49. The maximum Gasteiger partial charge on any atom is 0.229 e. The molecule has 0 aliphatic rings. The van der Waals surface area contributed by atoms with Gasteiger partial charge in [-0.2, -0.15) is 15.0 Å². The Balaban J connectivity index is 2.15. The van der Waals surface area contributed by atoms with Crippen molar-refractivity contribution >= 4 is 23.5 Å².